The first-order chi connectivity index (χ1) is 9.99. The molecule has 0 amide bonds. The molecule has 1 saturated carbocycles. The summed E-state index contributed by atoms with van der Waals surface area (Å²) in [5.74, 6) is 1.81. The van der Waals surface area contributed by atoms with E-state index >= 15 is 0 Å². The number of fused-ring (bicyclic) bond motifs is 1. The molecule has 1 fully saturated rings. The first-order valence-corrected chi connectivity index (χ1v) is 8.10. The lowest BCUT2D eigenvalue weighted by Gasteiger charge is -2.27. The maximum atomic E-state index is 6.04. The third-order valence-electron chi connectivity index (χ3n) is 4.80. The quantitative estimate of drug-likeness (QED) is 0.892. The minimum absolute atomic E-state index is 0.137. The highest BCUT2D eigenvalue weighted by molar-refractivity contribution is 5.74. The third-order valence-corrected chi connectivity index (χ3v) is 4.80. The number of hydrogen-bond acceptors (Lipinski definition) is 3. The summed E-state index contributed by atoms with van der Waals surface area (Å²) in [6, 6.07) is 6.38. The fourth-order valence-electron chi connectivity index (χ4n) is 3.39. The van der Waals surface area contributed by atoms with Crippen molar-refractivity contribution in [3.05, 3.63) is 29.7 Å². The Morgan fingerprint density at radius 1 is 1.24 bits per heavy atom. The Kier molecular flexibility index (Phi) is 3.78. The van der Waals surface area contributed by atoms with Gasteiger partial charge in [0.25, 0.3) is 0 Å². The summed E-state index contributed by atoms with van der Waals surface area (Å²) in [6.07, 6.45) is 4.90. The zero-order valence-electron chi connectivity index (χ0n) is 13.4. The summed E-state index contributed by atoms with van der Waals surface area (Å²) in [4.78, 5) is 4.79. The van der Waals surface area contributed by atoms with Gasteiger partial charge in [-0.1, -0.05) is 39.7 Å². The SMILES string of the molecule is CC(C)(C)c1ccc2oc(C3CCCCC3CN)nc2c1. The molecule has 3 rings (SSSR count). The van der Waals surface area contributed by atoms with Gasteiger partial charge in [0.05, 0.1) is 0 Å². The molecule has 0 radical (unpaired) electrons. The molecule has 2 aromatic rings. The molecule has 2 unspecified atom stereocenters. The largest absolute Gasteiger partial charge is 0.440 e. The van der Waals surface area contributed by atoms with Crippen LogP contribution < -0.4 is 5.73 Å². The van der Waals surface area contributed by atoms with Crippen molar-refractivity contribution in [3.8, 4) is 0 Å². The van der Waals surface area contributed by atoms with E-state index in [1.165, 1.54) is 24.8 Å². The van der Waals surface area contributed by atoms with Crippen LogP contribution >= 0.6 is 0 Å². The van der Waals surface area contributed by atoms with Crippen LogP contribution in [0.1, 0.15) is 63.8 Å². The van der Waals surface area contributed by atoms with E-state index in [0.29, 0.717) is 11.8 Å². The molecule has 1 aliphatic rings. The molecule has 1 aromatic carbocycles. The second kappa shape index (κ2) is 5.45. The second-order valence-corrected chi connectivity index (χ2v) is 7.37. The summed E-state index contributed by atoms with van der Waals surface area (Å²) in [5.41, 5.74) is 9.26. The van der Waals surface area contributed by atoms with Gasteiger partial charge in [-0.05, 0) is 48.4 Å². The average molecular weight is 286 g/mol. The van der Waals surface area contributed by atoms with E-state index in [4.69, 9.17) is 15.1 Å². The van der Waals surface area contributed by atoms with E-state index in [2.05, 4.69) is 39.0 Å². The van der Waals surface area contributed by atoms with E-state index < -0.39 is 0 Å². The minimum atomic E-state index is 0.137. The number of hydrogen-bond donors (Lipinski definition) is 1. The number of oxazole rings is 1. The first-order valence-electron chi connectivity index (χ1n) is 8.10. The van der Waals surface area contributed by atoms with Crippen molar-refractivity contribution < 1.29 is 4.42 Å². The molecule has 1 aromatic heterocycles. The Morgan fingerprint density at radius 3 is 2.71 bits per heavy atom. The summed E-state index contributed by atoms with van der Waals surface area (Å²) >= 11 is 0. The summed E-state index contributed by atoms with van der Waals surface area (Å²) in [5, 5.41) is 0. The molecule has 2 atom stereocenters. The molecule has 1 aliphatic carbocycles. The number of nitrogens with two attached hydrogens (primary N) is 1. The van der Waals surface area contributed by atoms with E-state index in [0.717, 1.165) is 30.0 Å². The number of aromatic nitrogens is 1. The van der Waals surface area contributed by atoms with Crippen LogP contribution in [0.5, 0.6) is 0 Å². The van der Waals surface area contributed by atoms with Crippen LogP contribution in [0, 0.1) is 5.92 Å². The van der Waals surface area contributed by atoms with Crippen molar-refractivity contribution in [2.45, 2.75) is 57.8 Å². The lowest BCUT2D eigenvalue weighted by molar-refractivity contribution is 0.275. The van der Waals surface area contributed by atoms with Gasteiger partial charge in [-0.2, -0.15) is 0 Å². The smallest absolute Gasteiger partial charge is 0.198 e. The van der Waals surface area contributed by atoms with E-state index in [9.17, 15) is 0 Å². The molecule has 0 spiro atoms. The fourth-order valence-corrected chi connectivity index (χ4v) is 3.39. The van der Waals surface area contributed by atoms with Crippen LogP contribution in [0.3, 0.4) is 0 Å². The monoisotopic (exact) mass is 286 g/mol. The Labute approximate surface area is 126 Å². The fraction of sp³-hybridized carbons (Fsp3) is 0.611. The van der Waals surface area contributed by atoms with Gasteiger partial charge in [0.15, 0.2) is 11.5 Å². The van der Waals surface area contributed by atoms with Crippen molar-refractivity contribution in [2.75, 3.05) is 6.54 Å². The van der Waals surface area contributed by atoms with Gasteiger partial charge in [-0.15, -0.1) is 0 Å². The second-order valence-electron chi connectivity index (χ2n) is 7.37. The summed E-state index contributed by atoms with van der Waals surface area (Å²) in [7, 11) is 0. The van der Waals surface area contributed by atoms with Gasteiger partial charge in [0, 0.05) is 5.92 Å². The van der Waals surface area contributed by atoms with E-state index in [1.807, 2.05) is 0 Å². The lowest BCUT2D eigenvalue weighted by Crippen LogP contribution is -2.25. The molecule has 0 aliphatic heterocycles. The van der Waals surface area contributed by atoms with Gasteiger partial charge in [-0.25, -0.2) is 4.98 Å². The topological polar surface area (TPSA) is 52.0 Å². The van der Waals surface area contributed by atoms with Gasteiger partial charge < -0.3 is 10.2 Å². The number of nitrogens with zero attached hydrogens (tertiary/aromatic N) is 1. The zero-order chi connectivity index (χ0) is 15.0. The molecular weight excluding hydrogens is 260 g/mol. The van der Waals surface area contributed by atoms with Crippen molar-refractivity contribution in [1.29, 1.82) is 0 Å². The Bertz CT molecular complexity index is 624. The molecule has 0 bridgehead atoms. The van der Waals surface area contributed by atoms with Crippen molar-refractivity contribution in [1.82, 2.24) is 4.98 Å². The predicted octanol–water partition coefficient (Wildman–Crippen LogP) is 4.36. The van der Waals surface area contributed by atoms with Crippen LogP contribution in [-0.4, -0.2) is 11.5 Å². The Hall–Kier alpha value is -1.35. The highest BCUT2D eigenvalue weighted by Crippen LogP contribution is 2.38. The molecule has 2 N–H and O–H groups in total. The van der Waals surface area contributed by atoms with Crippen LogP contribution in [0.15, 0.2) is 22.6 Å². The summed E-state index contributed by atoms with van der Waals surface area (Å²) in [6.45, 7) is 7.40. The molecule has 21 heavy (non-hydrogen) atoms. The maximum Gasteiger partial charge on any atom is 0.198 e. The summed E-state index contributed by atoms with van der Waals surface area (Å²) < 4.78 is 6.04. The third kappa shape index (κ3) is 2.84. The molecule has 114 valence electrons. The van der Waals surface area contributed by atoms with Crippen molar-refractivity contribution in [3.63, 3.8) is 0 Å². The van der Waals surface area contributed by atoms with Gasteiger partial charge in [0.2, 0.25) is 0 Å². The highest BCUT2D eigenvalue weighted by atomic mass is 16.3. The van der Waals surface area contributed by atoms with Crippen molar-refractivity contribution >= 4 is 11.1 Å². The lowest BCUT2D eigenvalue weighted by atomic mass is 9.79. The predicted molar refractivity (Wildman–Crippen MR) is 86.5 cm³/mol. The van der Waals surface area contributed by atoms with E-state index in [1.54, 1.807) is 0 Å². The highest BCUT2D eigenvalue weighted by Gasteiger charge is 2.29. The Balaban J connectivity index is 1.97. The van der Waals surface area contributed by atoms with E-state index in [-0.39, 0.29) is 5.41 Å². The van der Waals surface area contributed by atoms with Crippen LogP contribution in [0.25, 0.3) is 11.1 Å². The maximum absolute atomic E-state index is 6.04. The normalized spacial score (nSPS) is 23.6. The first kappa shape index (κ1) is 14.6. The van der Waals surface area contributed by atoms with Gasteiger partial charge >= 0.3 is 0 Å². The molecule has 3 nitrogen and oxygen atoms in total. The Morgan fingerprint density at radius 2 is 2.00 bits per heavy atom. The van der Waals surface area contributed by atoms with Gasteiger partial charge in [0.1, 0.15) is 5.52 Å². The van der Waals surface area contributed by atoms with Crippen LogP contribution in [0.4, 0.5) is 0 Å². The molecule has 1 heterocycles. The standard InChI is InChI=1S/C18H26N2O/c1-18(2,3)13-8-9-16-15(10-13)20-17(21-16)14-7-5-4-6-12(14)11-19/h8-10,12,14H,4-7,11,19H2,1-3H3. The number of rotatable bonds is 2. The van der Waals surface area contributed by atoms with Crippen molar-refractivity contribution in [2.24, 2.45) is 11.7 Å². The zero-order valence-corrected chi connectivity index (χ0v) is 13.4. The molecule has 0 saturated heterocycles. The van der Waals surface area contributed by atoms with Crippen LogP contribution in [-0.2, 0) is 5.41 Å². The number of benzene rings is 1. The van der Waals surface area contributed by atoms with Crippen LogP contribution in [0.2, 0.25) is 0 Å². The molecule has 3 heteroatoms. The average Bonchev–Trinajstić information content (AvgIpc) is 2.89. The minimum Gasteiger partial charge on any atom is -0.440 e. The molecular formula is C18H26N2O. The van der Waals surface area contributed by atoms with Gasteiger partial charge in [-0.3, -0.25) is 0 Å².